The van der Waals surface area contributed by atoms with E-state index in [9.17, 15) is 13.5 Å². The van der Waals surface area contributed by atoms with Crippen LogP contribution in [0.25, 0.3) is 0 Å². The van der Waals surface area contributed by atoms with Gasteiger partial charge >= 0.3 is 0 Å². The van der Waals surface area contributed by atoms with E-state index in [0.717, 1.165) is 11.1 Å². The average Bonchev–Trinajstić information content (AvgIpc) is 3.10. The van der Waals surface area contributed by atoms with Crippen LogP contribution in [0.4, 0.5) is 0 Å². The molecule has 3 rings (SSSR count). The van der Waals surface area contributed by atoms with Gasteiger partial charge in [-0.15, -0.1) is 0 Å². The number of hydrogen-bond acceptors (Lipinski definition) is 5. The van der Waals surface area contributed by atoms with E-state index in [1.165, 1.54) is 12.1 Å². The summed E-state index contributed by atoms with van der Waals surface area (Å²) >= 11 is 0. The first-order valence-corrected chi connectivity index (χ1v) is 10.0. The normalized spacial score (nSPS) is 17.9. The van der Waals surface area contributed by atoms with E-state index in [0.29, 0.717) is 19.6 Å². The van der Waals surface area contributed by atoms with Crippen LogP contribution >= 0.6 is 0 Å². The molecule has 2 aromatic carbocycles. The van der Waals surface area contributed by atoms with Crippen molar-refractivity contribution in [3.63, 3.8) is 0 Å². The van der Waals surface area contributed by atoms with Gasteiger partial charge in [-0.25, -0.2) is 13.1 Å². The Kier molecular flexibility index (Phi) is 5.74. The van der Waals surface area contributed by atoms with Gasteiger partial charge in [0.05, 0.1) is 24.2 Å². The molecular formula is C19H23NO5S. The number of hydrogen-bond donors (Lipinski definition) is 2. The highest BCUT2D eigenvalue weighted by Gasteiger charge is 2.33. The molecule has 0 aromatic heterocycles. The van der Waals surface area contributed by atoms with E-state index in [-0.39, 0.29) is 11.4 Å². The Labute approximate surface area is 153 Å². The zero-order valence-corrected chi connectivity index (χ0v) is 15.4. The lowest BCUT2D eigenvalue weighted by atomic mass is 10.1. The average molecular weight is 377 g/mol. The van der Waals surface area contributed by atoms with Crippen LogP contribution in [-0.4, -0.2) is 33.3 Å². The van der Waals surface area contributed by atoms with Gasteiger partial charge in [0.25, 0.3) is 0 Å². The molecule has 0 amide bonds. The van der Waals surface area contributed by atoms with Crippen molar-refractivity contribution in [1.29, 1.82) is 0 Å². The number of aliphatic hydroxyl groups is 1. The number of nitrogens with one attached hydrogen (secondary N) is 1. The number of sulfonamides is 1. The number of ether oxygens (including phenoxy) is 2. The molecule has 1 atom stereocenters. The quantitative estimate of drug-likeness (QED) is 0.773. The molecule has 140 valence electrons. The van der Waals surface area contributed by atoms with Gasteiger partial charge in [-0.3, -0.25) is 0 Å². The minimum Gasteiger partial charge on any atom is -0.388 e. The Bertz CT molecular complexity index is 815. The first kappa shape index (κ1) is 19.0. The molecule has 0 radical (unpaired) electrons. The van der Waals surface area contributed by atoms with E-state index in [4.69, 9.17) is 9.47 Å². The summed E-state index contributed by atoms with van der Waals surface area (Å²) in [7, 11) is -3.64. The minimum atomic E-state index is -3.64. The fourth-order valence-electron chi connectivity index (χ4n) is 2.87. The van der Waals surface area contributed by atoms with Crippen LogP contribution < -0.4 is 4.72 Å². The van der Waals surface area contributed by atoms with Crippen molar-refractivity contribution >= 4 is 10.0 Å². The maximum absolute atomic E-state index is 12.4. The van der Waals surface area contributed by atoms with Crippen molar-refractivity contribution in [3.8, 4) is 0 Å². The Morgan fingerprint density at radius 2 is 1.69 bits per heavy atom. The number of rotatable bonds is 7. The van der Waals surface area contributed by atoms with Crippen LogP contribution in [0.5, 0.6) is 0 Å². The maximum Gasteiger partial charge on any atom is 0.240 e. The Hall–Kier alpha value is -1.77. The smallest absolute Gasteiger partial charge is 0.240 e. The third-order valence-corrected chi connectivity index (χ3v) is 5.90. The van der Waals surface area contributed by atoms with Crippen LogP contribution in [0.15, 0.2) is 59.5 Å². The van der Waals surface area contributed by atoms with Gasteiger partial charge in [-0.2, -0.15) is 0 Å². The summed E-state index contributed by atoms with van der Waals surface area (Å²) in [4.78, 5) is 0.164. The molecule has 2 aromatic rings. The third kappa shape index (κ3) is 4.31. The van der Waals surface area contributed by atoms with Crippen molar-refractivity contribution in [2.24, 2.45) is 0 Å². The highest BCUT2D eigenvalue weighted by molar-refractivity contribution is 7.89. The zero-order valence-electron chi connectivity index (χ0n) is 14.6. The molecule has 2 N–H and O–H groups in total. The van der Waals surface area contributed by atoms with Crippen LogP contribution in [0, 0.1) is 0 Å². The van der Waals surface area contributed by atoms with Gasteiger partial charge in [-0.05, 0) is 31.0 Å². The number of aliphatic hydroxyl groups excluding tert-OH is 1. The van der Waals surface area contributed by atoms with Gasteiger partial charge in [0.2, 0.25) is 10.0 Å². The van der Waals surface area contributed by atoms with Crippen molar-refractivity contribution in [1.82, 2.24) is 4.72 Å². The molecule has 26 heavy (non-hydrogen) atoms. The summed E-state index contributed by atoms with van der Waals surface area (Å²) in [5.41, 5.74) is 1.54. The Morgan fingerprint density at radius 3 is 2.31 bits per heavy atom. The van der Waals surface area contributed by atoms with Crippen LogP contribution in [0.2, 0.25) is 0 Å². The monoisotopic (exact) mass is 377 g/mol. The Morgan fingerprint density at radius 1 is 1.08 bits per heavy atom. The van der Waals surface area contributed by atoms with Crippen LogP contribution in [0.3, 0.4) is 0 Å². The van der Waals surface area contributed by atoms with Crippen molar-refractivity contribution in [3.05, 3.63) is 65.7 Å². The summed E-state index contributed by atoms with van der Waals surface area (Å²) in [6.45, 7) is 2.99. The summed E-state index contributed by atoms with van der Waals surface area (Å²) < 4.78 is 38.5. The molecule has 0 bridgehead atoms. The largest absolute Gasteiger partial charge is 0.388 e. The molecule has 1 unspecified atom stereocenters. The standard InChI is InChI=1S/C19H23NO5S/c1-19(24-13-14-25-19)16-7-9-17(10-8-16)26(22,23)20-12-11-18(21)15-5-3-2-4-6-15/h2-10,18,20-21H,11-14H2,1H3. The predicted molar refractivity (Wildman–Crippen MR) is 96.9 cm³/mol. The van der Waals surface area contributed by atoms with E-state index in [1.54, 1.807) is 12.1 Å². The Balaban J connectivity index is 1.59. The summed E-state index contributed by atoms with van der Waals surface area (Å²) in [5.74, 6) is -0.824. The fourth-order valence-corrected chi connectivity index (χ4v) is 3.92. The number of benzene rings is 2. The van der Waals surface area contributed by atoms with Crippen molar-refractivity contribution < 1.29 is 23.0 Å². The molecule has 1 aliphatic heterocycles. The first-order chi connectivity index (χ1) is 12.4. The highest BCUT2D eigenvalue weighted by atomic mass is 32.2. The van der Waals surface area contributed by atoms with E-state index >= 15 is 0 Å². The molecule has 1 aliphatic rings. The lowest BCUT2D eigenvalue weighted by Gasteiger charge is -2.22. The maximum atomic E-state index is 12.4. The van der Waals surface area contributed by atoms with Crippen LogP contribution in [0.1, 0.15) is 30.6 Å². The van der Waals surface area contributed by atoms with Crippen LogP contribution in [-0.2, 0) is 25.3 Å². The topological polar surface area (TPSA) is 84.9 Å². The first-order valence-electron chi connectivity index (χ1n) is 8.52. The van der Waals surface area contributed by atoms with Gasteiger partial charge < -0.3 is 14.6 Å². The molecule has 0 spiro atoms. The second-order valence-corrected chi connectivity index (χ2v) is 8.05. The highest BCUT2D eigenvalue weighted by Crippen LogP contribution is 2.31. The van der Waals surface area contributed by atoms with Gasteiger partial charge in [-0.1, -0.05) is 42.5 Å². The SMILES string of the molecule is CC1(c2ccc(S(=O)(=O)NCCC(O)c3ccccc3)cc2)OCCO1. The van der Waals surface area contributed by atoms with E-state index in [1.807, 2.05) is 37.3 Å². The van der Waals surface area contributed by atoms with Crippen molar-refractivity contribution in [2.75, 3.05) is 19.8 Å². The predicted octanol–water partition coefficient (Wildman–Crippen LogP) is 2.31. The molecule has 1 fully saturated rings. The third-order valence-electron chi connectivity index (χ3n) is 4.42. The van der Waals surface area contributed by atoms with Gasteiger partial charge in [0.15, 0.2) is 5.79 Å². The summed E-state index contributed by atoms with van der Waals surface area (Å²) in [6, 6.07) is 15.6. The fraction of sp³-hybridized carbons (Fsp3) is 0.368. The molecule has 0 aliphatic carbocycles. The second-order valence-electron chi connectivity index (χ2n) is 6.28. The van der Waals surface area contributed by atoms with E-state index in [2.05, 4.69) is 4.72 Å². The van der Waals surface area contributed by atoms with Gasteiger partial charge in [0, 0.05) is 12.1 Å². The van der Waals surface area contributed by atoms with Crippen molar-refractivity contribution in [2.45, 2.75) is 30.1 Å². The van der Waals surface area contributed by atoms with Gasteiger partial charge in [0.1, 0.15) is 0 Å². The lowest BCUT2D eigenvalue weighted by Crippen LogP contribution is -2.26. The minimum absolute atomic E-state index is 0.143. The second kappa shape index (κ2) is 7.85. The summed E-state index contributed by atoms with van der Waals surface area (Å²) in [6.07, 6.45) is -0.418. The molecule has 1 saturated heterocycles. The molecule has 6 nitrogen and oxygen atoms in total. The lowest BCUT2D eigenvalue weighted by molar-refractivity contribution is -0.149. The molecule has 7 heteroatoms. The zero-order chi connectivity index (χ0) is 18.6. The summed E-state index contributed by atoms with van der Waals surface area (Å²) in [5, 5.41) is 10.1. The molecule has 0 saturated carbocycles. The molecular weight excluding hydrogens is 354 g/mol. The molecule has 1 heterocycles. The van der Waals surface area contributed by atoms with E-state index < -0.39 is 21.9 Å².